The van der Waals surface area contributed by atoms with Crippen LogP contribution in [0.25, 0.3) is 0 Å². The van der Waals surface area contributed by atoms with Gasteiger partial charge in [0.2, 0.25) is 0 Å². The molecule has 2 aromatic carbocycles. The molecule has 0 atom stereocenters. The summed E-state index contributed by atoms with van der Waals surface area (Å²) in [5, 5.41) is 7.76. The van der Waals surface area contributed by atoms with Gasteiger partial charge in [-0.05, 0) is 56.1 Å². The monoisotopic (exact) mass is 468 g/mol. The van der Waals surface area contributed by atoms with Crippen LogP contribution in [-0.4, -0.2) is 33.7 Å². The first-order valence-corrected chi connectivity index (χ1v) is 11.9. The van der Waals surface area contributed by atoms with Gasteiger partial charge in [0.05, 0.1) is 17.8 Å². The third kappa shape index (κ3) is 5.63. The standard InChI is InChI=1S/C26H30ClFN4O/c1-18-24(25(27)32(30-18)16-19-12-14-21(28)15-13-19)26(33)29-23-11-7-6-8-20(23)17-31(2)22-9-4-3-5-10-22/h6-8,11-15,22H,3-5,9-10,16-17H2,1-2H3,(H,29,33). The Balaban J connectivity index is 1.49. The molecular weight excluding hydrogens is 439 g/mol. The number of aromatic nitrogens is 2. The highest BCUT2D eigenvalue weighted by Crippen LogP contribution is 2.27. The molecule has 1 fully saturated rings. The van der Waals surface area contributed by atoms with Gasteiger partial charge in [-0.15, -0.1) is 0 Å². The molecule has 0 radical (unpaired) electrons. The summed E-state index contributed by atoms with van der Waals surface area (Å²) in [6.07, 6.45) is 6.35. The van der Waals surface area contributed by atoms with Crippen LogP contribution in [0.2, 0.25) is 5.15 Å². The number of anilines is 1. The third-order valence-corrected chi connectivity index (χ3v) is 6.81. The second kappa shape index (κ2) is 10.5. The Morgan fingerprint density at radius 2 is 1.85 bits per heavy atom. The zero-order chi connectivity index (χ0) is 23.4. The van der Waals surface area contributed by atoms with Crippen LogP contribution in [-0.2, 0) is 13.1 Å². The number of hydrogen-bond donors (Lipinski definition) is 1. The second-order valence-corrected chi connectivity index (χ2v) is 9.21. The highest BCUT2D eigenvalue weighted by atomic mass is 35.5. The van der Waals surface area contributed by atoms with Crippen molar-refractivity contribution in [3.63, 3.8) is 0 Å². The van der Waals surface area contributed by atoms with Crippen molar-refractivity contribution >= 4 is 23.2 Å². The Hall–Kier alpha value is -2.70. The molecule has 0 saturated heterocycles. The molecule has 0 unspecified atom stereocenters. The maximum atomic E-state index is 13.2. The van der Waals surface area contributed by atoms with E-state index in [4.69, 9.17) is 11.6 Å². The van der Waals surface area contributed by atoms with E-state index < -0.39 is 0 Å². The van der Waals surface area contributed by atoms with E-state index in [-0.39, 0.29) is 16.9 Å². The molecule has 1 aliphatic carbocycles. The van der Waals surface area contributed by atoms with Crippen molar-refractivity contribution in [2.24, 2.45) is 0 Å². The summed E-state index contributed by atoms with van der Waals surface area (Å²) >= 11 is 6.55. The van der Waals surface area contributed by atoms with Crippen molar-refractivity contribution in [1.29, 1.82) is 0 Å². The van der Waals surface area contributed by atoms with Crippen molar-refractivity contribution in [1.82, 2.24) is 14.7 Å². The molecule has 1 heterocycles. The lowest BCUT2D eigenvalue weighted by Gasteiger charge is -2.31. The summed E-state index contributed by atoms with van der Waals surface area (Å²) in [7, 11) is 2.16. The van der Waals surface area contributed by atoms with Gasteiger partial charge in [-0.25, -0.2) is 9.07 Å². The summed E-state index contributed by atoms with van der Waals surface area (Å²) in [5.41, 5.74) is 3.62. The molecule has 7 heteroatoms. The predicted octanol–water partition coefficient (Wildman–Crippen LogP) is 6.05. The Morgan fingerprint density at radius 1 is 1.15 bits per heavy atom. The zero-order valence-corrected chi connectivity index (χ0v) is 19.9. The summed E-state index contributed by atoms with van der Waals surface area (Å²) in [5.74, 6) is -0.579. The van der Waals surface area contributed by atoms with Crippen molar-refractivity contribution < 1.29 is 9.18 Å². The minimum absolute atomic E-state index is 0.270. The van der Waals surface area contributed by atoms with Crippen LogP contribution in [0.4, 0.5) is 10.1 Å². The van der Waals surface area contributed by atoms with E-state index in [2.05, 4.69) is 28.4 Å². The maximum absolute atomic E-state index is 13.2. The third-order valence-electron chi connectivity index (χ3n) is 6.42. The van der Waals surface area contributed by atoms with Crippen LogP contribution >= 0.6 is 11.6 Å². The topological polar surface area (TPSA) is 50.2 Å². The number of carbonyl (C=O) groups is 1. The number of amides is 1. The number of nitrogens with one attached hydrogen (secondary N) is 1. The zero-order valence-electron chi connectivity index (χ0n) is 19.2. The van der Waals surface area contributed by atoms with Crippen molar-refractivity contribution in [2.75, 3.05) is 12.4 Å². The Kier molecular flexibility index (Phi) is 7.46. The Labute approximate surface area is 199 Å². The van der Waals surface area contributed by atoms with Gasteiger partial charge in [-0.3, -0.25) is 9.69 Å². The van der Waals surface area contributed by atoms with Gasteiger partial charge in [0, 0.05) is 18.3 Å². The highest BCUT2D eigenvalue weighted by molar-refractivity contribution is 6.33. The fraction of sp³-hybridized carbons (Fsp3) is 0.385. The van der Waals surface area contributed by atoms with Crippen LogP contribution in [0.3, 0.4) is 0 Å². The molecule has 5 nitrogen and oxygen atoms in total. The first kappa shape index (κ1) is 23.5. The largest absolute Gasteiger partial charge is 0.322 e. The van der Waals surface area contributed by atoms with Gasteiger partial charge in [0.15, 0.2) is 0 Å². The van der Waals surface area contributed by atoms with Gasteiger partial charge in [0.1, 0.15) is 11.0 Å². The number of rotatable bonds is 7. The van der Waals surface area contributed by atoms with Gasteiger partial charge in [-0.1, -0.05) is 61.2 Å². The van der Waals surface area contributed by atoms with Gasteiger partial charge in [-0.2, -0.15) is 5.10 Å². The van der Waals surface area contributed by atoms with Crippen LogP contribution in [0, 0.1) is 12.7 Å². The molecular formula is C26H30ClFN4O. The average molecular weight is 469 g/mol. The van der Waals surface area contributed by atoms with Gasteiger partial charge < -0.3 is 5.32 Å². The lowest BCUT2D eigenvalue weighted by atomic mass is 9.94. The van der Waals surface area contributed by atoms with E-state index in [9.17, 15) is 9.18 Å². The molecule has 174 valence electrons. The molecule has 0 aliphatic heterocycles. The van der Waals surface area contributed by atoms with E-state index in [0.29, 0.717) is 23.8 Å². The highest BCUT2D eigenvalue weighted by Gasteiger charge is 2.23. The average Bonchev–Trinajstić information content (AvgIpc) is 3.09. The molecule has 1 amide bonds. The van der Waals surface area contributed by atoms with Crippen molar-refractivity contribution in [2.45, 2.75) is 58.2 Å². The predicted molar refractivity (Wildman–Crippen MR) is 130 cm³/mol. The van der Waals surface area contributed by atoms with Crippen LogP contribution < -0.4 is 5.32 Å². The molecule has 0 bridgehead atoms. The first-order chi connectivity index (χ1) is 15.9. The van der Waals surface area contributed by atoms with E-state index in [1.807, 2.05) is 18.2 Å². The fourth-order valence-corrected chi connectivity index (χ4v) is 4.88. The number of para-hydroxylation sites is 1. The van der Waals surface area contributed by atoms with Gasteiger partial charge >= 0.3 is 0 Å². The van der Waals surface area contributed by atoms with Crippen molar-refractivity contribution in [3.8, 4) is 0 Å². The molecule has 1 saturated carbocycles. The second-order valence-electron chi connectivity index (χ2n) is 8.85. The molecule has 0 spiro atoms. The summed E-state index contributed by atoms with van der Waals surface area (Å²) in [4.78, 5) is 15.6. The Bertz CT molecular complexity index is 1110. The molecule has 1 N–H and O–H groups in total. The quantitative estimate of drug-likeness (QED) is 0.459. The minimum atomic E-state index is -0.297. The Morgan fingerprint density at radius 3 is 2.58 bits per heavy atom. The number of aryl methyl sites for hydroxylation is 1. The minimum Gasteiger partial charge on any atom is -0.322 e. The van der Waals surface area contributed by atoms with E-state index in [1.165, 1.54) is 44.2 Å². The number of carbonyl (C=O) groups excluding carboxylic acids is 1. The van der Waals surface area contributed by atoms with Gasteiger partial charge in [0.25, 0.3) is 5.91 Å². The number of benzene rings is 2. The van der Waals surface area contributed by atoms with Crippen LogP contribution in [0.15, 0.2) is 48.5 Å². The number of hydrogen-bond acceptors (Lipinski definition) is 3. The molecule has 1 aromatic heterocycles. The first-order valence-electron chi connectivity index (χ1n) is 11.5. The lowest BCUT2D eigenvalue weighted by molar-refractivity contribution is 0.102. The normalized spacial score (nSPS) is 14.6. The lowest BCUT2D eigenvalue weighted by Crippen LogP contribution is -2.33. The molecule has 3 aromatic rings. The molecule has 4 rings (SSSR count). The van der Waals surface area contributed by atoms with E-state index in [0.717, 1.165) is 23.4 Å². The molecule has 33 heavy (non-hydrogen) atoms. The summed E-state index contributed by atoms with van der Waals surface area (Å²) in [6, 6.07) is 14.6. The van der Waals surface area contributed by atoms with E-state index >= 15 is 0 Å². The van der Waals surface area contributed by atoms with E-state index in [1.54, 1.807) is 23.7 Å². The smallest absolute Gasteiger partial charge is 0.260 e. The van der Waals surface area contributed by atoms with Crippen molar-refractivity contribution in [3.05, 3.63) is 81.9 Å². The SMILES string of the molecule is Cc1nn(Cc2ccc(F)cc2)c(Cl)c1C(=O)Nc1ccccc1CN(C)C1CCCCC1. The number of nitrogens with zero attached hydrogens (tertiary/aromatic N) is 3. The van der Waals surface area contributed by atoms with Crippen LogP contribution in [0.1, 0.15) is 59.3 Å². The van der Waals surface area contributed by atoms with Crippen LogP contribution in [0.5, 0.6) is 0 Å². The summed E-state index contributed by atoms with van der Waals surface area (Å²) < 4.78 is 14.8. The molecule has 1 aliphatic rings. The summed E-state index contributed by atoms with van der Waals surface area (Å²) in [6.45, 7) is 2.90. The maximum Gasteiger partial charge on any atom is 0.260 e. The number of halogens is 2. The fourth-order valence-electron chi connectivity index (χ4n) is 4.56.